The number of benzene rings is 1. The van der Waals surface area contributed by atoms with E-state index in [9.17, 15) is 9.59 Å². The van der Waals surface area contributed by atoms with Crippen LogP contribution in [0.2, 0.25) is 0 Å². The first-order valence-electron chi connectivity index (χ1n) is 13.6. The molecule has 0 spiro atoms. The van der Waals surface area contributed by atoms with Crippen LogP contribution >= 0.6 is 0 Å². The fraction of sp³-hybridized carbons (Fsp3) is 0.500. The van der Waals surface area contributed by atoms with Crippen LogP contribution in [-0.4, -0.2) is 77.5 Å². The van der Waals surface area contributed by atoms with Crippen LogP contribution in [0.1, 0.15) is 42.5 Å². The first-order chi connectivity index (χ1) is 18.6. The minimum Gasteiger partial charge on any atom is -0.487 e. The smallest absolute Gasteiger partial charge is 0.296 e. The van der Waals surface area contributed by atoms with Gasteiger partial charge < -0.3 is 9.47 Å². The Morgan fingerprint density at radius 2 is 2.03 bits per heavy atom. The van der Waals surface area contributed by atoms with Crippen LogP contribution in [0.25, 0.3) is 11.6 Å². The van der Waals surface area contributed by atoms with Crippen LogP contribution in [0.3, 0.4) is 0 Å². The van der Waals surface area contributed by atoms with Gasteiger partial charge in [0, 0.05) is 45.4 Å². The lowest BCUT2D eigenvalue weighted by atomic mass is 9.96. The van der Waals surface area contributed by atoms with Crippen molar-refractivity contribution in [3.05, 3.63) is 61.8 Å². The normalized spacial score (nSPS) is 26.4. The Kier molecular flexibility index (Phi) is 5.90. The van der Waals surface area contributed by atoms with Crippen LogP contribution < -0.4 is 21.0 Å². The highest BCUT2D eigenvalue weighted by molar-refractivity contribution is 6.03. The molecule has 198 valence electrons. The third-order valence-electron chi connectivity index (χ3n) is 8.31. The van der Waals surface area contributed by atoms with Crippen molar-refractivity contribution in [1.82, 2.24) is 19.6 Å². The van der Waals surface area contributed by atoms with Gasteiger partial charge in [-0.3, -0.25) is 29.2 Å². The summed E-state index contributed by atoms with van der Waals surface area (Å²) in [4.78, 5) is 40.6. The molecule has 2 fully saturated rings. The first kappa shape index (κ1) is 23.8. The van der Waals surface area contributed by atoms with Crippen molar-refractivity contribution in [2.24, 2.45) is 9.98 Å². The number of methoxy groups -OCH3 is 1. The van der Waals surface area contributed by atoms with E-state index < -0.39 is 0 Å². The van der Waals surface area contributed by atoms with Gasteiger partial charge in [-0.15, -0.1) is 0 Å². The zero-order valence-electron chi connectivity index (χ0n) is 21.6. The van der Waals surface area contributed by atoms with Crippen LogP contribution in [0.5, 0.6) is 5.75 Å². The number of rotatable bonds is 3. The van der Waals surface area contributed by atoms with Crippen LogP contribution in [0.15, 0.2) is 38.7 Å². The number of amides is 1. The molecule has 3 atom stereocenters. The molecule has 2 aromatic rings. The number of fused-ring (bicyclic) bond motifs is 4. The number of carbonyl (C=O) groups is 1. The molecule has 10 nitrogen and oxygen atoms in total. The van der Waals surface area contributed by atoms with E-state index in [-0.39, 0.29) is 29.4 Å². The number of carbonyl (C=O) groups excluding carboxylic acids is 1. The van der Waals surface area contributed by atoms with E-state index in [0.717, 1.165) is 64.1 Å². The molecule has 1 N–H and O–H groups in total. The molecule has 1 aromatic carbocycles. The van der Waals surface area contributed by atoms with E-state index in [2.05, 4.69) is 26.0 Å². The van der Waals surface area contributed by atoms with Crippen molar-refractivity contribution in [1.29, 1.82) is 0 Å². The Bertz CT molecular complexity index is 1550. The van der Waals surface area contributed by atoms with Gasteiger partial charge in [0.05, 0.1) is 29.3 Å². The minimum atomic E-state index is -0.387. The van der Waals surface area contributed by atoms with Crippen LogP contribution in [0, 0.1) is 0 Å². The van der Waals surface area contributed by atoms with E-state index in [0.29, 0.717) is 46.3 Å². The Morgan fingerprint density at radius 1 is 1.11 bits per heavy atom. The Morgan fingerprint density at radius 3 is 2.92 bits per heavy atom. The molecule has 5 aliphatic rings. The van der Waals surface area contributed by atoms with Crippen molar-refractivity contribution in [2.45, 2.75) is 51.0 Å². The summed E-state index contributed by atoms with van der Waals surface area (Å²) < 4.78 is 13.9. The maximum absolute atomic E-state index is 13.4. The lowest BCUT2D eigenvalue weighted by molar-refractivity contribution is -0.114. The molecule has 38 heavy (non-hydrogen) atoms. The highest BCUT2D eigenvalue weighted by Gasteiger charge is 2.30. The lowest BCUT2D eigenvalue weighted by Gasteiger charge is -2.32. The Balaban J connectivity index is 1.37. The molecule has 1 aromatic heterocycles. The van der Waals surface area contributed by atoms with Gasteiger partial charge in [-0.1, -0.05) is 12.2 Å². The van der Waals surface area contributed by atoms with Gasteiger partial charge in [0.15, 0.2) is 0 Å². The molecule has 0 saturated carbocycles. The zero-order valence-corrected chi connectivity index (χ0v) is 21.6. The fourth-order valence-electron chi connectivity index (χ4n) is 6.32. The summed E-state index contributed by atoms with van der Waals surface area (Å²) in [5.41, 5.74) is 3.19. The number of hydrogen-bond donors (Lipinski definition) is 1. The number of ether oxygens (including phenoxy) is 2. The van der Waals surface area contributed by atoms with Gasteiger partial charge in [0.1, 0.15) is 22.9 Å². The monoisotopic (exact) mass is 516 g/mol. The molecule has 4 aliphatic heterocycles. The highest BCUT2D eigenvalue weighted by Crippen LogP contribution is 2.30. The fourth-order valence-corrected chi connectivity index (χ4v) is 6.32. The Labute approximate surface area is 219 Å². The standard InChI is InChI=1S/C28H32N6O4/c1-37-18-4-3-8-33(15-18)14-17-12-22-26-23(13-17)38-19-7-9-32(16-19)10-11-34-28(36)21-6-2-5-20(24(21)31-34)25(30-26)27(35)29-22/h2,6,12-13,18-19,31H,3-5,7-11,14-16H2,1H3/t18-,19+/m1/s1. The molecule has 10 heteroatoms. The molecule has 1 unspecified atom stereocenters. The number of likely N-dealkylation sites (tertiary alicyclic amines) is 1. The second kappa shape index (κ2) is 9.44. The van der Waals surface area contributed by atoms with Crippen molar-refractivity contribution >= 4 is 17.6 Å². The minimum absolute atomic E-state index is 0.00807. The zero-order chi connectivity index (χ0) is 25.8. The molecule has 2 saturated heterocycles. The van der Waals surface area contributed by atoms with Crippen molar-refractivity contribution in [2.75, 3.05) is 39.8 Å². The van der Waals surface area contributed by atoms with Crippen molar-refractivity contribution < 1.29 is 14.3 Å². The average molecular weight is 517 g/mol. The summed E-state index contributed by atoms with van der Waals surface area (Å²) in [6.45, 7) is 5.61. The first-order valence-corrected chi connectivity index (χ1v) is 13.6. The molecule has 1 amide bonds. The van der Waals surface area contributed by atoms with Crippen LogP contribution in [0.4, 0.5) is 0 Å². The van der Waals surface area contributed by atoms with Crippen molar-refractivity contribution in [3.63, 3.8) is 0 Å². The summed E-state index contributed by atoms with van der Waals surface area (Å²) in [6, 6.07) is 4.04. The van der Waals surface area contributed by atoms with Crippen LogP contribution in [-0.2, 0) is 22.6 Å². The highest BCUT2D eigenvalue weighted by atomic mass is 16.5. The maximum atomic E-state index is 13.4. The number of allylic oxidation sites excluding steroid dienone is 2. The van der Waals surface area contributed by atoms with E-state index in [1.807, 2.05) is 18.2 Å². The van der Waals surface area contributed by atoms with Gasteiger partial charge in [0.2, 0.25) is 0 Å². The number of nitrogens with zero attached hydrogens (tertiary/aromatic N) is 5. The molecular formula is C28H32N6O4. The molecule has 5 heterocycles. The molecule has 0 radical (unpaired) electrons. The third kappa shape index (κ3) is 4.16. The predicted molar refractivity (Wildman–Crippen MR) is 140 cm³/mol. The van der Waals surface area contributed by atoms with Gasteiger partial charge in [0.25, 0.3) is 11.5 Å². The van der Waals surface area contributed by atoms with Gasteiger partial charge in [-0.05, 0) is 49.9 Å². The summed E-state index contributed by atoms with van der Waals surface area (Å²) >= 11 is 0. The second-order valence-corrected chi connectivity index (χ2v) is 10.8. The number of H-pyrrole nitrogens is 1. The van der Waals surface area contributed by atoms with Gasteiger partial charge in [-0.2, -0.15) is 0 Å². The van der Waals surface area contributed by atoms with E-state index in [1.54, 1.807) is 11.8 Å². The second-order valence-electron chi connectivity index (χ2n) is 10.8. The van der Waals surface area contributed by atoms with Crippen molar-refractivity contribution in [3.8, 4) is 5.75 Å². The number of aromatic amines is 1. The third-order valence-corrected chi connectivity index (χ3v) is 8.31. The predicted octanol–water partition coefficient (Wildman–Crippen LogP) is 0.862. The summed E-state index contributed by atoms with van der Waals surface area (Å²) in [6.07, 6.45) is 7.57. The summed E-state index contributed by atoms with van der Waals surface area (Å²) in [5.74, 6) is 0.288. The maximum Gasteiger partial charge on any atom is 0.296 e. The number of hydrogen-bond acceptors (Lipinski definition) is 7. The van der Waals surface area contributed by atoms with E-state index in [4.69, 9.17) is 14.5 Å². The van der Waals surface area contributed by atoms with E-state index >= 15 is 0 Å². The molecule has 1 aliphatic carbocycles. The number of piperidine rings is 1. The Hall–Kier alpha value is -3.34. The van der Waals surface area contributed by atoms with Gasteiger partial charge >= 0.3 is 0 Å². The molecule has 6 bridgehead atoms. The topological polar surface area (TPSA) is 105 Å². The largest absolute Gasteiger partial charge is 0.487 e. The molecule has 7 rings (SSSR count). The molecular weight excluding hydrogens is 484 g/mol. The lowest BCUT2D eigenvalue weighted by Crippen LogP contribution is -2.40. The SMILES string of the molecule is CO[C@@H]1CCCN(Cc2cc3c4c(c2)=NC(=O)C(=C2CC=Cc5c2[nH]n(c5=O)CCN2CC[C@@H](C2)O3)N=4)C1. The summed E-state index contributed by atoms with van der Waals surface area (Å²) in [5, 5.41) is 4.42. The number of nitrogens with one attached hydrogen (secondary N) is 1. The van der Waals surface area contributed by atoms with Gasteiger partial charge in [-0.25, -0.2) is 9.98 Å². The average Bonchev–Trinajstić information content (AvgIpc) is 3.50. The summed E-state index contributed by atoms with van der Waals surface area (Å²) in [7, 11) is 1.77. The quantitative estimate of drug-likeness (QED) is 0.649. The van der Waals surface area contributed by atoms with E-state index in [1.165, 1.54) is 0 Å². The number of aromatic nitrogens is 2.